The van der Waals surface area contributed by atoms with E-state index in [9.17, 15) is 0 Å². The number of methoxy groups -OCH3 is 1. The topological polar surface area (TPSA) is 41.5 Å². The van der Waals surface area contributed by atoms with Gasteiger partial charge in [-0.3, -0.25) is 0 Å². The molecule has 0 saturated heterocycles. The Morgan fingerprint density at radius 1 is 1.42 bits per heavy atom. The molecule has 1 fully saturated rings. The highest BCUT2D eigenvalue weighted by Gasteiger charge is 2.31. The molecule has 1 saturated carbocycles. The van der Waals surface area contributed by atoms with Crippen LogP contribution in [0, 0.1) is 6.92 Å². The molecule has 0 heterocycles. The van der Waals surface area contributed by atoms with Crippen molar-refractivity contribution in [1.82, 2.24) is 5.32 Å². The molecule has 3 nitrogen and oxygen atoms in total. The molecule has 2 rings (SSSR count). The van der Waals surface area contributed by atoms with Crippen LogP contribution in [0.2, 0.25) is 0 Å². The smallest absolute Gasteiger partial charge is 0.0616 e. The largest absolute Gasteiger partial charge is 0.396 e. The molecule has 1 unspecified atom stereocenters. The fourth-order valence-electron chi connectivity index (χ4n) is 2.86. The summed E-state index contributed by atoms with van der Waals surface area (Å²) in [6.07, 6.45) is 3.14. The average Bonchev–Trinajstić information content (AvgIpc) is 2.33. The zero-order chi connectivity index (χ0) is 13.7. The zero-order valence-electron chi connectivity index (χ0n) is 11.9. The van der Waals surface area contributed by atoms with Crippen molar-refractivity contribution in [3.8, 4) is 0 Å². The Bertz CT molecular complexity index is 382. The second kappa shape index (κ2) is 7.04. The van der Waals surface area contributed by atoms with Gasteiger partial charge in [0.25, 0.3) is 0 Å². The van der Waals surface area contributed by atoms with E-state index in [-0.39, 0.29) is 12.6 Å². The lowest BCUT2D eigenvalue weighted by molar-refractivity contribution is 0.129. The van der Waals surface area contributed by atoms with Crippen molar-refractivity contribution >= 4 is 0 Å². The first kappa shape index (κ1) is 14.5. The molecule has 1 aliphatic carbocycles. The van der Waals surface area contributed by atoms with Gasteiger partial charge >= 0.3 is 0 Å². The summed E-state index contributed by atoms with van der Waals surface area (Å²) < 4.78 is 5.18. The monoisotopic (exact) mass is 263 g/mol. The van der Waals surface area contributed by atoms with Crippen molar-refractivity contribution in [2.45, 2.75) is 44.2 Å². The van der Waals surface area contributed by atoms with Gasteiger partial charge in [-0.15, -0.1) is 0 Å². The van der Waals surface area contributed by atoms with Crippen molar-refractivity contribution in [3.05, 3.63) is 35.4 Å². The molecule has 0 amide bonds. The van der Waals surface area contributed by atoms with Gasteiger partial charge < -0.3 is 15.2 Å². The van der Waals surface area contributed by atoms with Crippen LogP contribution in [0.3, 0.4) is 0 Å². The normalized spacial score (nSPS) is 23.9. The van der Waals surface area contributed by atoms with Gasteiger partial charge in [0.05, 0.1) is 6.61 Å². The maximum Gasteiger partial charge on any atom is 0.0616 e. The van der Waals surface area contributed by atoms with Crippen LogP contribution < -0.4 is 5.32 Å². The summed E-state index contributed by atoms with van der Waals surface area (Å²) in [6, 6.07) is 9.66. The molecule has 0 bridgehead atoms. The molecule has 0 spiro atoms. The van der Waals surface area contributed by atoms with E-state index in [0.29, 0.717) is 18.6 Å². The second-order valence-corrected chi connectivity index (χ2v) is 5.61. The number of hydrogen-bond acceptors (Lipinski definition) is 3. The van der Waals surface area contributed by atoms with Crippen molar-refractivity contribution in [3.63, 3.8) is 0 Å². The van der Waals surface area contributed by atoms with Gasteiger partial charge in [-0.1, -0.05) is 29.8 Å². The van der Waals surface area contributed by atoms with E-state index in [1.54, 1.807) is 7.11 Å². The quantitative estimate of drug-likeness (QED) is 0.792. The summed E-state index contributed by atoms with van der Waals surface area (Å²) in [4.78, 5) is 0. The molecular formula is C16H25NO2. The predicted octanol–water partition coefficient (Wildman–Crippen LogP) is 2.23. The fourth-order valence-corrected chi connectivity index (χ4v) is 2.86. The Kier molecular flexibility index (Phi) is 5.37. The highest BCUT2D eigenvalue weighted by atomic mass is 16.5. The van der Waals surface area contributed by atoms with E-state index >= 15 is 0 Å². The second-order valence-electron chi connectivity index (χ2n) is 5.61. The molecule has 3 heteroatoms. The molecule has 1 aromatic carbocycles. The van der Waals surface area contributed by atoms with Crippen LogP contribution in [0.25, 0.3) is 0 Å². The Morgan fingerprint density at radius 2 is 2.21 bits per heavy atom. The average molecular weight is 263 g/mol. The van der Waals surface area contributed by atoms with Crippen LogP contribution in [0.15, 0.2) is 24.3 Å². The first-order chi connectivity index (χ1) is 9.22. The van der Waals surface area contributed by atoms with Crippen LogP contribution in [0.1, 0.15) is 36.3 Å². The highest BCUT2D eigenvalue weighted by Crippen LogP contribution is 2.37. The summed E-state index contributed by atoms with van der Waals surface area (Å²) in [5.74, 6) is 0.690. The van der Waals surface area contributed by atoms with Crippen molar-refractivity contribution in [2.24, 2.45) is 0 Å². The number of aliphatic hydroxyl groups excluding tert-OH is 1. The van der Waals surface area contributed by atoms with E-state index in [1.807, 2.05) is 0 Å². The number of aryl methyl sites for hydroxylation is 1. The zero-order valence-corrected chi connectivity index (χ0v) is 11.9. The lowest BCUT2D eigenvalue weighted by Crippen LogP contribution is -2.47. The van der Waals surface area contributed by atoms with E-state index in [1.165, 1.54) is 24.0 Å². The fraction of sp³-hybridized carbons (Fsp3) is 0.625. The molecule has 1 aliphatic rings. The number of rotatable bonds is 7. The van der Waals surface area contributed by atoms with E-state index in [4.69, 9.17) is 9.84 Å². The first-order valence-corrected chi connectivity index (χ1v) is 7.15. The number of ether oxygens (including phenoxy) is 1. The van der Waals surface area contributed by atoms with Gasteiger partial charge in [0.2, 0.25) is 0 Å². The van der Waals surface area contributed by atoms with Gasteiger partial charge in [-0.2, -0.15) is 0 Å². The molecule has 19 heavy (non-hydrogen) atoms. The Hall–Kier alpha value is -0.900. The molecule has 1 aromatic rings. The van der Waals surface area contributed by atoms with Crippen LogP contribution in [0.4, 0.5) is 0 Å². The molecule has 106 valence electrons. The molecule has 0 aromatic heterocycles. The summed E-state index contributed by atoms with van der Waals surface area (Å²) in [6.45, 7) is 3.04. The van der Waals surface area contributed by atoms with Gasteiger partial charge in [-0.05, 0) is 37.7 Å². The van der Waals surface area contributed by atoms with Crippen molar-refractivity contribution in [1.29, 1.82) is 0 Å². The highest BCUT2D eigenvalue weighted by molar-refractivity contribution is 5.27. The summed E-state index contributed by atoms with van der Waals surface area (Å²) in [5.41, 5.74) is 2.80. The molecular weight excluding hydrogens is 238 g/mol. The van der Waals surface area contributed by atoms with Crippen LogP contribution in [-0.2, 0) is 4.74 Å². The van der Waals surface area contributed by atoms with Crippen molar-refractivity contribution < 1.29 is 9.84 Å². The molecule has 2 N–H and O–H groups in total. The van der Waals surface area contributed by atoms with Crippen molar-refractivity contribution in [2.75, 3.05) is 20.3 Å². The summed E-state index contributed by atoms with van der Waals surface area (Å²) in [7, 11) is 1.71. The molecule has 0 radical (unpaired) electrons. The third kappa shape index (κ3) is 4.03. The minimum absolute atomic E-state index is 0.217. The third-order valence-electron chi connectivity index (χ3n) is 3.97. The maximum absolute atomic E-state index is 9.03. The number of benzene rings is 1. The van der Waals surface area contributed by atoms with Gasteiger partial charge in [0, 0.05) is 25.8 Å². The van der Waals surface area contributed by atoms with Gasteiger partial charge in [-0.25, -0.2) is 0 Å². The first-order valence-electron chi connectivity index (χ1n) is 7.15. The van der Waals surface area contributed by atoms with E-state index < -0.39 is 0 Å². The predicted molar refractivity (Wildman–Crippen MR) is 77.4 cm³/mol. The standard InChI is InChI=1S/C16H25NO2/c1-12-4-3-5-13(8-12)14-9-16(10-14)17-15(6-7-18)11-19-2/h3-5,8,14-18H,6-7,9-11H2,1-2H3. The number of nitrogens with one attached hydrogen (secondary N) is 1. The van der Waals surface area contributed by atoms with Crippen LogP contribution in [-0.4, -0.2) is 37.5 Å². The molecule has 1 atom stereocenters. The summed E-state index contributed by atoms with van der Waals surface area (Å²) in [5, 5.41) is 12.6. The minimum atomic E-state index is 0.217. The Labute approximate surface area is 116 Å². The minimum Gasteiger partial charge on any atom is -0.396 e. The lowest BCUT2D eigenvalue weighted by Gasteiger charge is -2.38. The number of aliphatic hydroxyl groups is 1. The van der Waals surface area contributed by atoms with Crippen LogP contribution >= 0.6 is 0 Å². The Balaban J connectivity index is 1.79. The van der Waals surface area contributed by atoms with E-state index in [2.05, 4.69) is 36.5 Å². The maximum atomic E-state index is 9.03. The van der Waals surface area contributed by atoms with Gasteiger partial charge in [0.15, 0.2) is 0 Å². The van der Waals surface area contributed by atoms with Gasteiger partial charge in [0.1, 0.15) is 0 Å². The number of hydrogen-bond donors (Lipinski definition) is 2. The lowest BCUT2D eigenvalue weighted by atomic mass is 9.75. The van der Waals surface area contributed by atoms with E-state index in [0.717, 1.165) is 6.42 Å². The summed E-state index contributed by atoms with van der Waals surface area (Å²) >= 11 is 0. The third-order valence-corrected chi connectivity index (χ3v) is 3.97. The SMILES string of the molecule is COCC(CCO)NC1CC(c2cccc(C)c2)C1. The van der Waals surface area contributed by atoms with Crippen LogP contribution in [0.5, 0.6) is 0 Å². The Morgan fingerprint density at radius 3 is 2.84 bits per heavy atom. The molecule has 0 aliphatic heterocycles.